The minimum atomic E-state index is -0.510. The molecule has 1 amide bonds. The average molecular weight is 450 g/mol. The predicted octanol–water partition coefficient (Wildman–Crippen LogP) is 5.17. The number of carbonyl (C=O) groups excluding carboxylic acids is 1. The van der Waals surface area contributed by atoms with Crippen LogP contribution in [-0.4, -0.2) is 36.7 Å². The monoisotopic (exact) mass is 449 g/mol. The first-order chi connectivity index (χ1) is 15.8. The van der Waals surface area contributed by atoms with Crippen LogP contribution >= 0.6 is 0 Å². The molecule has 174 valence electrons. The molecule has 1 aromatic heterocycles. The molecule has 1 atom stereocenters. The molecule has 0 saturated carbocycles. The highest BCUT2D eigenvalue weighted by Gasteiger charge is 2.42. The maximum atomic E-state index is 13.7. The van der Waals surface area contributed by atoms with E-state index < -0.39 is 6.04 Å². The van der Waals surface area contributed by atoms with E-state index in [1.165, 1.54) is 0 Å². The number of hydrogen-bond acceptors (Lipinski definition) is 5. The van der Waals surface area contributed by atoms with Crippen molar-refractivity contribution < 1.29 is 18.7 Å². The summed E-state index contributed by atoms with van der Waals surface area (Å²) in [6, 6.07) is 10.9. The lowest BCUT2D eigenvalue weighted by molar-refractivity contribution is 0.0593. The van der Waals surface area contributed by atoms with Crippen LogP contribution in [0.2, 0.25) is 0 Å². The molecule has 0 N–H and O–H groups in total. The number of fused-ring (bicyclic) bond motifs is 2. The van der Waals surface area contributed by atoms with Crippen molar-refractivity contribution >= 4 is 16.9 Å². The SMILES string of the molecule is CCOc1ccc(C2c3c(oc4c(C)cc(C)cc4c3=O)C(=O)N2CCCOC(C)C)cc1. The summed E-state index contributed by atoms with van der Waals surface area (Å²) >= 11 is 0. The Morgan fingerprint density at radius 1 is 1.09 bits per heavy atom. The van der Waals surface area contributed by atoms with Gasteiger partial charge in [-0.15, -0.1) is 0 Å². The van der Waals surface area contributed by atoms with Crippen molar-refractivity contribution in [1.29, 1.82) is 0 Å². The number of nitrogens with zero attached hydrogens (tertiary/aromatic N) is 1. The van der Waals surface area contributed by atoms with E-state index in [0.717, 1.165) is 22.4 Å². The number of rotatable bonds is 8. The topological polar surface area (TPSA) is 69.0 Å². The van der Waals surface area contributed by atoms with Crippen LogP contribution in [0.25, 0.3) is 11.0 Å². The standard InChI is InChI=1S/C27H31NO5/c1-6-31-20-10-8-19(9-11-20)23-22-24(29)21-15-17(4)14-18(5)25(21)33-26(22)27(30)28(23)12-7-13-32-16(2)3/h8-11,14-16,23H,6-7,12-13H2,1-5H3. The summed E-state index contributed by atoms with van der Waals surface area (Å²) in [7, 11) is 0. The van der Waals surface area contributed by atoms with Gasteiger partial charge in [0.25, 0.3) is 5.91 Å². The molecule has 4 rings (SSSR count). The predicted molar refractivity (Wildman–Crippen MR) is 128 cm³/mol. The normalized spacial score (nSPS) is 15.5. The molecule has 6 heteroatoms. The third-order valence-electron chi connectivity index (χ3n) is 5.90. The van der Waals surface area contributed by atoms with E-state index in [9.17, 15) is 9.59 Å². The highest BCUT2D eigenvalue weighted by molar-refractivity contribution is 5.99. The van der Waals surface area contributed by atoms with Gasteiger partial charge in [0.05, 0.1) is 29.7 Å². The van der Waals surface area contributed by atoms with E-state index in [1.54, 1.807) is 4.90 Å². The third-order valence-corrected chi connectivity index (χ3v) is 5.90. The van der Waals surface area contributed by atoms with Crippen molar-refractivity contribution in [3.63, 3.8) is 0 Å². The van der Waals surface area contributed by atoms with Crippen molar-refractivity contribution in [2.45, 2.75) is 53.2 Å². The van der Waals surface area contributed by atoms with Crippen LogP contribution in [0.5, 0.6) is 5.75 Å². The van der Waals surface area contributed by atoms with Gasteiger partial charge >= 0.3 is 0 Å². The van der Waals surface area contributed by atoms with Gasteiger partial charge in [-0.2, -0.15) is 0 Å². The Hall–Kier alpha value is -3.12. The number of hydrogen-bond donors (Lipinski definition) is 0. The number of benzene rings is 2. The van der Waals surface area contributed by atoms with Gasteiger partial charge in [0, 0.05) is 13.2 Å². The largest absolute Gasteiger partial charge is 0.494 e. The van der Waals surface area contributed by atoms with E-state index in [4.69, 9.17) is 13.9 Å². The first kappa shape index (κ1) is 23.1. The fourth-order valence-electron chi connectivity index (χ4n) is 4.52. The first-order valence-electron chi connectivity index (χ1n) is 11.5. The molecule has 0 aliphatic carbocycles. The molecule has 0 fully saturated rings. The summed E-state index contributed by atoms with van der Waals surface area (Å²) in [5, 5.41) is 0.514. The summed E-state index contributed by atoms with van der Waals surface area (Å²) in [5.74, 6) is 0.634. The molecule has 0 radical (unpaired) electrons. The van der Waals surface area contributed by atoms with Crippen LogP contribution in [0.4, 0.5) is 0 Å². The highest BCUT2D eigenvalue weighted by atomic mass is 16.5. The van der Waals surface area contributed by atoms with Gasteiger partial charge in [-0.25, -0.2) is 0 Å². The number of aryl methyl sites for hydroxylation is 2. The zero-order valence-corrected chi connectivity index (χ0v) is 19.9. The van der Waals surface area contributed by atoms with E-state index in [1.807, 2.05) is 71.0 Å². The molecule has 2 heterocycles. The lowest BCUT2D eigenvalue weighted by Gasteiger charge is -2.25. The molecular formula is C27H31NO5. The second-order valence-corrected chi connectivity index (χ2v) is 8.81. The average Bonchev–Trinajstić information content (AvgIpc) is 3.05. The van der Waals surface area contributed by atoms with Gasteiger partial charge < -0.3 is 18.8 Å². The minimum absolute atomic E-state index is 0.123. The van der Waals surface area contributed by atoms with Crippen molar-refractivity contribution in [1.82, 2.24) is 4.90 Å². The lowest BCUT2D eigenvalue weighted by atomic mass is 9.97. The highest BCUT2D eigenvalue weighted by Crippen LogP contribution is 2.39. The van der Waals surface area contributed by atoms with Crippen LogP contribution in [0.15, 0.2) is 45.6 Å². The molecule has 1 aliphatic heterocycles. The number of amides is 1. The molecule has 0 saturated heterocycles. The van der Waals surface area contributed by atoms with Crippen molar-refractivity contribution in [3.05, 3.63) is 74.6 Å². The Kier molecular flexibility index (Phi) is 6.56. The van der Waals surface area contributed by atoms with Crippen LogP contribution in [-0.2, 0) is 4.74 Å². The van der Waals surface area contributed by atoms with Crippen LogP contribution in [0.1, 0.15) is 66.0 Å². The zero-order valence-electron chi connectivity index (χ0n) is 19.9. The van der Waals surface area contributed by atoms with E-state index in [-0.39, 0.29) is 23.2 Å². The number of carbonyl (C=O) groups is 1. The van der Waals surface area contributed by atoms with E-state index in [2.05, 4.69) is 0 Å². The fraction of sp³-hybridized carbons (Fsp3) is 0.407. The smallest absolute Gasteiger partial charge is 0.290 e. The second-order valence-electron chi connectivity index (χ2n) is 8.81. The quantitative estimate of drug-likeness (QED) is 0.444. The van der Waals surface area contributed by atoms with Crippen molar-refractivity contribution in [3.8, 4) is 5.75 Å². The Morgan fingerprint density at radius 3 is 2.48 bits per heavy atom. The molecule has 2 aromatic carbocycles. The van der Waals surface area contributed by atoms with Crippen LogP contribution < -0.4 is 10.2 Å². The maximum absolute atomic E-state index is 13.7. The molecule has 3 aromatic rings. The molecule has 0 spiro atoms. The second kappa shape index (κ2) is 9.40. The summed E-state index contributed by atoms with van der Waals surface area (Å²) < 4.78 is 17.4. The minimum Gasteiger partial charge on any atom is -0.494 e. The lowest BCUT2D eigenvalue weighted by Crippen LogP contribution is -2.31. The maximum Gasteiger partial charge on any atom is 0.290 e. The van der Waals surface area contributed by atoms with Gasteiger partial charge in [0.2, 0.25) is 5.76 Å². The van der Waals surface area contributed by atoms with E-state index >= 15 is 0 Å². The van der Waals surface area contributed by atoms with E-state index in [0.29, 0.717) is 42.7 Å². The zero-order chi connectivity index (χ0) is 23.7. The molecule has 1 unspecified atom stereocenters. The first-order valence-corrected chi connectivity index (χ1v) is 11.5. The summed E-state index contributed by atoms with van der Waals surface area (Å²) in [6.07, 6.45) is 0.787. The van der Waals surface area contributed by atoms with Gasteiger partial charge in [0.1, 0.15) is 11.3 Å². The van der Waals surface area contributed by atoms with Crippen LogP contribution in [0.3, 0.4) is 0 Å². The Labute approximate surface area is 194 Å². The van der Waals surface area contributed by atoms with Crippen LogP contribution in [0, 0.1) is 13.8 Å². The number of ether oxygens (including phenoxy) is 2. The van der Waals surface area contributed by atoms with Gasteiger partial charge in [-0.05, 0) is 75.9 Å². The summed E-state index contributed by atoms with van der Waals surface area (Å²) in [6.45, 7) is 11.3. The Bertz CT molecular complexity index is 1230. The molecule has 6 nitrogen and oxygen atoms in total. The van der Waals surface area contributed by atoms with Crippen molar-refractivity contribution in [2.24, 2.45) is 0 Å². The third kappa shape index (κ3) is 4.40. The van der Waals surface area contributed by atoms with Gasteiger partial charge in [-0.3, -0.25) is 9.59 Å². The molecule has 0 bridgehead atoms. The fourth-order valence-corrected chi connectivity index (χ4v) is 4.52. The molecule has 1 aliphatic rings. The Balaban J connectivity index is 1.82. The Morgan fingerprint density at radius 2 is 1.82 bits per heavy atom. The van der Waals surface area contributed by atoms with Crippen molar-refractivity contribution in [2.75, 3.05) is 19.8 Å². The summed E-state index contributed by atoms with van der Waals surface area (Å²) in [5.41, 5.74) is 3.42. The molecule has 33 heavy (non-hydrogen) atoms. The summed E-state index contributed by atoms with van der Waals surface area (Å²) in [4.78, 5) is 28.9. The van der Waals surface area contributed by atoms with Gasteiger partial charge in [0.15, 0.2) is 5.43 Å². The van der Waals surface area contributed by atoms with Gasteiger partial charge in [-0.1, -0.05) is 18.2 Å². The molecular weight excluding hydrogens is 418 g/mol.